The van der Waals surface area contributed by atoms with E-state index in [0.29, 0.717) is 6.54 Å². The number of aryl methyl sites for hydroxylation is 3. The second-order valence-electron chi connectivity index (χ2n) is 6.14. The van der Waals surface area contributed by atoms with Crippen LogP contribution in [0, 0.1) is 6.92 Å². The maximum Gasteiger partial charge on any atom is 0.259 e. The number of thiophene rings is 1. The SMILES string of the molecule is Cc1ccc(CNCc2nc3sc4c(c3c(=O)[nH]2)CCC4)cc1. The van der Waals surface area contributed by atoms with Gasteiger partial charge in [0.15, 0.2) is 0 Å². The highest BCUT2D eigenvalue weighted by Gasteiger charge is 2.20. The van der Waals surface area contributed by atoms with E-state index in [4.69, 9.17) is 0 Å². The van der Waals surface area contributed by atoms with Gasteiger partial charge in [-0.2, -0.15) is 0 Å². The molecule has 0 saturated carbocycles. The molecule has 4 rings (SSSR count). The molecule has 0 spiro atoms. The van der Waals surface area contributed by atoms with Gasteiger partial charge >= 0.3 is 0 Å². The Morgan fingerprint density at radius 2 is 2.04 bits per heavy atom. The number of aromatic nitrogens is 2. The number of aromatic amines is 1. The molecule has 0 fully saturated rings. The van der Waals surface area contributed by atoms with E-state index in [2.05, 4.69) is 46.5 Å². The van der Waals surface area contributed by atoms with Gasteiger partial charge in [0.2, 0.25) is 0 Å². The van der Waals surface area contributed by atoms with E-state index >= 15 is 0 Å². The number of hydrogen-bond acceptors (Lipinski definition) is 4. The molecule has 4 nitrogen and oxygen atoms in total. The zero-order chi connectivity index (χ0) is 15.8. The van der Waals surface area contributed by atoms with E-state index in [1.165, 1.54) is 21.6 Å². The molecule has 0 unspecified atom stereocenters. The molecule has 1 aromatic carbocycles. The van der Waals surface area contributed by atoms with Crippen LogP contribution >= 0.6 is 11.3 Å². The van der Waals surface area contributed by atoms with Crippen LogP contribution in [0.4, 0.5) is 0 Å². The molecular weight excluding hydrogens is 306 g/mol. The normalized spacial score (nSPS) is 13.6. The lowest BCUT2D eigenvalue weighted by Crippen LogP contribution is -2.19. The summed E-state index contributed by atoms with van der Waals surface area (Å²) in [6.45, 7) is 3.42. The molecule has 3 aromatic rings. The Balaban J connectivity index is 1.51. The quantitative estimate of drug-likeness (QED) is 0.775. The van der Waals surface area contributed by atoms with Gasteiger partial charge in [-0.15, -0.1) is 11.3 Å². The van der Waals surface area contributed by atoms with Crippen LogP contribution in [0.25, 0.3) is 10.2 Å². The van der Waals surface area contributed by atoms with Gasteiger partial charge in [-0.1, -0.05) is 29.8 Å². The Labute approximate surface area is 138 Å². The molecule has 5 heteroatoms. The fourth-order valence-corrected chi connectivity index (χ4v) is 4.44. The molecule has 0 saturated heterocycles. The Hall–Kier alpha value is -1.98. The summed E-state index contributed by atoms with van der Waals surface area (Å²) >= 11 is 1.69. The van der Waals surface area contributed by atoms with E-state index in [1.807, 2.05) is 0 Å². The number of nitrogens with one attached hydrogen (secondary N) is 2. The van der Waals surface area contributed by atoms with Crippen molar-refractivity contribution in [3.8, 4) is 0 Å². The first-order chi connectivity index (χ1) is 11.2. The molecule has 0 bridgehead atoms. The Bertz CT molecular complexity index is 908. The molecule has 2 aromatic heterocycles. The van der Waals surface area contributed by atoms with E-state index in [0.717, 1.165) is 41.8 Å². The van der Waals surface area contributed by atoms with Gasteiger partial charge < -0.3 is 10.3 Å². The van der Waals surface area contributed by atoms with Crippen LogP contribution in [0.1, 0.15) is 33.8 Å². The maximum atomic E-state index is 12.4. The number of rotatable bonds is 4. The molecule has 0 amide bonds. The molecular formula is C18H19N3OS. The monoisotopic (exact) mass is 325 g/mol. The second-order valence-corrected chi connectivity index (χ2v) is 7.22. The summed E-state index contributed by atoms with van der Waals surface area (Å²) < 4.78 is 0. The lowest BCUT2D eigenvalue weighted by Gasteiger charge is -2.05. The van der Waals surface area contributed by atoms with Crippen molar-refractivity contribution in [2.24, 2.45) is 0 Å². The van der Waals surface area contributed by atoms with Crippen LogP contribution in [0.5, 0.6) is 0 Å². The molecule has 1 aliphatic carbocycles. The minimum atomic E-state index is 0.0153. The Morgan fingerprint density at radius 1 is 1.22 bits per heavy atom. The predicted molar refractivity (Wildman–Crippen MR) is 94.0 cm³/mol. The summed E-state index contributed by atoms with van der Waals surface area (Å²) in [5.74, 6) is 0.717. The Morgan fingerprint density at radius 3 is 2.87 bits per heavy atom. The summed E-state index contributed by atoms with van der Waals surface area (Å²) in [7, 11) is 0. The van der Waals surface area contributed by atoms with E-state index in [1.54, 1.807) is 11.3 Å². The van der Waals surface area contributed by atoms with Crippen LogP contribution in [0.3, 0.4) is 0 Å². The Kier molecular flexibility index (Phi) is 3.75. The summed E-state index contributed by atoms with van der Waals surface area (Å²) in [4.78, 5) is 22.2. The highest BCUT2D eigenvalue weighted by atomic mass is 32.1. The predicted octanol–water partition coefficient (Wildman–Crippen LogP) is 3.07. The zero-order valence-electron chi connectivity index (χ0n) is 13.1. The lowest BCUT2D eigenvalue weighted by atomic mass is 10.1. The van der Waals surface area contributed by atoms with Crippen molar-refractivity contribution in [2.45, 2.75) is 39.3 Å². The van der Waals surface area contributed by atoms with Crippen molar-refractivity contribution in [1.82, 2.24) is 15.3 Å². The van der Waals surface area contributed by atoms with Crippen LogP contribution < -0.4 is 10.9 Å². The molecule has 2 heterocycles. The van der Waals surface area contributed by atoms with E-state index < -0.39 is 0 Å². The van der Waals surface area contributed by atoms with Gasteiger partial charge in [0.05, 0.1) is 11.9 Å². The minimum absolute atomic E-state index is 0.0153. The third-order valence-corrected chi connectivity index (χ3v) is 5.55. The van der Waals surface area contributed by atoms with Crippen molar-refractivity contribution in [3.63, 3.8) is 0 Å². The largest absolute Gasteiger partial charge is 0.309 e. The van der Waals surface area contributed by atoms with Gasteiger partial charge in [-0.05, 0) is 37.3 Å². The highest BCUT2D eigenvalue weighted by molar-refractivity contribution is 7.18. The highest BCUT2D eigenvalue weighted by Crippen LogP contribution is 2.34. The number of hydrogen-bond donors (Lipinski definition) is 2. The summed E-state index contributed by atoms with van der Waals surface area (Å²) in [6.07, 6.45) is 3.28. The van der Waals surface area contributed by atoms with E-state index in [9.17, 15) is 4.79 Å². The summed E-state index contributed by atoms with van der Waals surface area (Å²) in [5, 5.41) is 4.17. The molecule has 0 aliphatic heterocycles. The molecule has 0 atom stereocenters. The second kappa shape index (κ2) is 5.91. The van der Waals surface area contributed by atoms with Crippen LogP contribution in [0.15, 0.2) is 29.1 Å². The molecule has 0 radical (unpaired) electrons. The molecule has 2 N–H and O–H groups in total. The average Bonchev–Trinajstić information content (AvgIpc) is 3.09. The number of H-pyrrole nitrogens is 1. The fraction of sp³-hybridized carbons (Fsp3) is 0.333. The van der Waals surface area contributed by atoms with Crippen molar-refractivity contribution < 1.29 is 0 Å². The third-order valence-electron chi connectivity index (χ3n) is 4.37. The molecule has 23 heavy (non-hydrogen) atoms. The maximum absolute atomic E-state index is 12.4. The third kappa shape index (κ3) is 2.82. The first kappa shape index (κ1) is 14.6. The van der Waals surface area contributed by atoms with Crippen LogP contribution in [-0.4, -0.2) is 9.97 Å². The fourth-order valence-electron chi connectivity index (χ4n) is 3.16. The number of benzene rings is 1. The van der Waals surface area contributed by atoms with E-state index in [-0.39, 0.29) is 5.56 Å². The zero-order valence-corrected chi connectivity index (χ0v) is 13.9. The van der Waals surface area contributed by atoms with Crippen molar-refractivity contribution in [3.05, 3.63) is 62.0 Å². The number of nitrogens with zero attached hydrogens (tertiary/aromatic N) is 1. The summed E-state index contributed by atoms with van der Waals surface area (Å²) in [5.41, 5.74) is 3.74. The minimum Gasteiger partial charge on any atom is -0.309 e. The van der Waals surface area contributed by atoms with Gasteiger partial charge in [-0.3, -0.25) is 4.79 Å². The summed E-state index contributed by atoms with van der Waals surface area (Å²) in [6, 6.07) is 8.45. The first-order valence-corrected chi connectivity index (χ1v) is 8.82. The molecule has 118 valence electrons. The number of fused-ring (bicyclic) bond motifs is 3. The van der Waals surface area contributed by atoms with Gasteiger partial charge in [-0.25, -0.2) is 4.98 Å². The van der Waals surface area contributed by atoms with Crippen molar-refractivity contribution in [1.29, 1.82) is 0 Å². The lowest BCUT2D eigenvalue weighted by molar-refractivity contribution is 0.663. The average molecular weight is 325 g/mol. The smallest absolute Gasteiger partial charge is 0.259 e. The van der Waals surface area contributed by atoms with Gasteiger partial charge in [0, 0.05) is 11.4 Å². The van der Waals surface area contributed by atoms with Crippen molar-refractivity contribution >= 4 is 21.6 Å². The van der Waals surface area contributed by atoms with Gasteiger partial charge in [0.1, 0.15) is 10.7 Å². The van der Waals surface area contributed by atoms with Crippen LogP contribution in [0.2, 0.25) is 0 Å². The van der Waals surface area contributed by atoms with Gasteiger partial charge in [0.25, 0.3) is 5.56 Å². The van der Waals surface area contributed by atoms with Crippen molar-refractivity contribution in [2.75, 3.05) is 0 Å². The topological polar surface area (TPSA) is 57.8 Å². The molecule has 1 aliphatic rings. The standard InChI is InChI=1S/C18H19N3OS/c1-11-5-7-12(8-6-11)9-19-10-15-20-17(22)16-13-3-2-4-14(13)23-18(16)21-15/h5-8,19H,2-4,9-10H2,1H3,(H,20,21,22). The first-order valence-electron chi connectivity index (χ1n) is 8.00. The van der Waals surface area contributed by atoms with Crippen LogP contribution in [-0.2, 0) is 25.9 Å².